The number of para-hydroxylation sites is 2. The molecule has 3 aromatic rings. The average Bonchev–Trinajstić information content (AvgIpc) is 2.74. The molecule has 0 bridgehead atoms. The van der Waals surface area contributed by atoms with Crippen molar-refractivity contribution in [2.45, 2.75) is 40.2 Å². The van der Waals surface area contributed by atoms with Gasteiger partial charge in [0, 0.05) is 6.54 Å². The molecule has 1 aromatic heterocycles. The van der Waals surface area contributed by atoms with Crippen LogP contribution in [0.4, 0.5) is 0 Å². The summed E-state index contributed by atoms with van der Waals surface area (Å²) in [5, 5.41) is 10.8. The van der Waals surface area contributed by atoms with Gasteiger partial charge >= 0.3 is 0 Å². The Hall–Kier alpha value is -2.99. The Morgan fingerprint density at radius 3 is 2.33 bits per heavy atom. The van der Waals surface area contributed by atoms with Gasteiger partial charge in [-0.15, -0.1) is 0 Å². The van der Waals surface area contributed by atoms with E-state index in [2.05, 4.69) is 18.7 Å². The van der Waals surface area contributed by atoms with Crippen LogP contribution < -0.4 is 14.9 Å². The molecule has 0 amide bonds. The van der Waals surface area contributed by atoms with E-state index < -0.39 is 0 Å². The molecule has 1 N–H and O–H groups in total. The first-order valence-electron chi connectivity index (χ1n) is 10.5. The molecule has 0 fully saturated rings. The molecule has 6 nitrogen and oxygen atoms in total. The summed E-state index contributed by atoms with van der Waals surface area (Å²) in [5.74, 6) is 1.20. The number of benzene rings is 2. The van der Waals surface area contributed by atoms with Gasteiger partial charge in [-0.3, -0.25) is 9.69 Å². The molecule has 0 unspecified atom stereocenters. The monoisotopic (exact) mass is 411 g/mol. The topological polar surface area (TPSA) is 72.1 Å². The molecule has 160 valence electrons. The Balaban J connectivity index is 1.99. The Labute approximate surface area is 176 Å². The van der Waals surface area contributed by atoms with Gasteiger partial charge in [-0.2, -0.15) is 0 Å². The zero-order chi connectivity index (χ0) is 21.5. The standard InChI is InChI=1S/C24H29NO5/c1-4-13-25(14-5-2)15-18-19(26)12-11-17-23(27)22(16-29-24(17)18)30-21-10-8-7-9-20(21)28-6-3/h7-12,16,26H,4-6,13-15H2,1-3H3. The summed E-state index contributed by atoms with van der Waals surface area (Å²) in [5.41, 5.74) is 0.719. The third kappa shape index (κ3) is 4.76. The normalized spacial score (nSPS) is 11.2. The summed E-state index contributed by atoms with van der Waals surface area (Å²) < 4.78 is 17.2. The number of ether oxygens (including phenoxy) is 2. The van der Waals surface area contributed by atoms with Gasteiger partial charge in [0.05, 0.1) is 17.6 Å². The molecule has 30 heavy (non-hydrogen) atoms. The molecule has 1 heterocycles. The fourth-order valence-electron chi connectivity index (χ4n) is 3.51. The number of aromatic hydroxyl groups is 1. The predicted molar refractivity (Wildman–Crippen MR) is 118 cm³/mol. The Kier molecular flexibility index (Phi) is 7.36. The van der Waals surface area contributed by atoms with E-state index >= 15 is 0 Å². The number of phenolic OH excluding ortho intramolecular Hbond substituents is 1. The summed E-state index contributed by atoms with van der Waals surface area (Å²) in [6.07, 6.45) is 3.32. The first-order chi connectivity index (χ1) is 14.6. The van der Waals surface area contributed by atoms with Gasteiger partial charge in [-0.25, -0.2) is 0 Å². The smallest absolute Gasteiger partial charge is 0.235 e. The van der Waals surface area contributed by atoms with Gasteiger partial charge in [0.2, 0.25) is 11.2 Å². The lowest BCUT2D eigenvalue weighted by atomic mass is 10.1. The summed E-state index contributed by atoms with van der Waals surface area (Å²) >= 11 is 0. The minimum absolute atomic E-state index is 0.0743. The molecule has 0 aliphatic carbocycles. The van der Waals surface area contributed by atoms with Crippen molar-refractivity contribution in [3.8, 4) is 23.0 Å². The van der Waals surface area contributed by atoms with E-state index in [4.69, 9.17) is 13.9 Å². The highest BCUT2D eigenvalue weighted by molar-refractivity contribution is 5.83. The van der Waals surface area contributed by atoms with E-state index in [9.17, 15) is 9.90 Å². The van der Waals surface area contributed by atoms with Crippen LogP contribution in [0.3, 0.4) is 0 Å². The van der Waals surface area contributed by atoms with Gasteiger partial charge in [-0.05, 0) is 57.1 Å². The highest BCUT2D eigenvalue weighted by Gasteiger charge is 2.18. The molecule has 2 aromatic carbocycles. The maximum absolute atomic E-state index is 13.1. The number of nitrogens with zero attached hydrogens (tertiary/aromatic N) is 1. The van der Waals surface area contributed by atoms with Gasteiger partial charge in [0.1, 0.15) is 17.6 Å². The molecule has 0 aliphatic heterocycles. The van der Waals surface area contributed by atoms with Crippen molar-refractivity contribution in [3.63, 3.8) is 0 Å². The first kappa shape index (κ1) is 21.7. The Morgan fingerprint density at radius 1 is 0.967 bits per heavy atom. The van der Waals surface area contributed by atoms with Crippen LogP contribution in [0.2, 0.25) is 0 Å². The number of hydrogen-bond acceptors (Lipinski definition) is 6. The van der Waals surface area contributed by atoms with Gasteiger partial charge < -0.3 is 19.0 Å². The van der Waals surface area contributed by atoms with Crippen molar-refractivity contribution in [1.82, 2.24) is 4.90 Å². The first-order valence-corrected chi connectivity index (χ1v) is 10.5. The summed E-state index contributed by atoms with van der Waals surface area (Å²) in [4.78, 5) is 15.3. The molecule has 0 spiro atoms. The van der Waals surface area contributed by atoms with E-state index in [0.29, 0.717) is 41.2 Å². The molecular weight excluding hydrogens is 382 g/mol. The minimum Gasteiger partial charge on any atom is -0.507 e. The maximum Gasteiger partial charge on any atom is 0.235 e. The molecular formula is C24H29NO5. The van der Waals surface area contributed by atoms with E-state index in [1.165, 1.54) is 6.26 Å². The maximum atomic E-state index is 13.1. The van der Waals surface area contributed by atoms with Crippen molar-refractivity contribution in [1.29, 1.82) is 0 Å². The van der Waals surface area contributed by atoms with Crippen LogP contribution in [0.25, 0.3) is 11.0 Å². The van der Waals surface area contributed by atoms with Crippen molar-refractivity contribution < 1.29 is 19.0 Å². The van der Waals surface area contributed by atoms with Crippen molar-refractivity contribution in [3.05, 3.63) is 58.4 Å². The van der Waals surface area contributed by atoms with Crippen molar-refractivity contribution in [2.24, 2.45) is 0 Å². The fraction of sp³-hybridized carbons (Fsp3) is 0.375. The van der Waals surface area contributed by atoms with Crippen molar-refractivity contribution >= 4 is 11.0 Å². The SMILES string of the molecule is CCCN(CCC)Cc1c(O)ccc2c(=O)c(Oc3ccccc3OCC)coc12. The summed E-state index contributed by atoms with van der Waals surface area (Å²) in [6, 6.07) is 10.3. The van der Waals surface area contributed by atoms with Crippen LogP contribution in [0.1, 0.15) is 39.2 Å². The number of rotatable bonds is 10. The van der Waals surface area contributed by atoms with Crippen LogP contribution in [0.5, 0.6) is 23.0 Å². The fourth-order valence-corrected chi connectivity index (χ4v) is 3.51. The molecule has 0 atom stereocenters. The lowest BCUT2D eigenvalue weighted by Gasteiger charge is -2.22. The second-order valence-electron chi connectivity index (χ2n) is 7.13. The highest BCUT2D eigenvalue weighted by atomic mass is 16.5. The quantitative estimate of drug-likeness (QED) is 0.487. The summed E-state index contributed by atoms with van der Waals surface area (Å²) in [6.45, 7) is 8.94. The van der Waals surface area contributed by atoms with Gasteiger partial charge in [-0.1, -0.05) is 26.0 Å². The molecule has 0 aliphatic rings. The number of fused-ring (bicyclic) bond motifs is 1. The molecule has 0 saturated heterocycles. The van der Waals surface area contributed by atoms with E-state index in [1.54, 1.807) is 24.3 Å². The molecule has 0 radical (unpaired) electrons. The number of phenols is 1. The Bertz CT molecular complexity index is 1040. The Morgan fingerprint density at radius 2 is 1.67 bits per heavy atom. The van der Waals surface area contributed by atoms with Crippen molar-refractivity contribution in [2.75, 3.05) is 19.7 Å². The molecule has 3 rings (SSSR count). The third-order valence-corrected chi connectivity index (χ3v) is 4.82. The highest BCUT2D eigenvalue weighted by Crippen LogP contribution is 2.32. The predicted octanol–water partition coefficient (Wildman–Crippen LogP) is 5.31. The second-order valence-corrected chi connectivity index (χ2v) is 7.13. The lowest BCUT2D eigenvalue weighted by Crippen LogP contribution is -2.25. The second kappa shape index (κ2) is 10.2. The van der Waals surface area contributed by atoms with E-state index in [-0.39, 0.29) is 16.9 Å². The third-order valence-electron chi connectivity index (χ3n) is 4.82. The van der Waals surface area contributed by atoms with Gasteiger partial charge in [0.25, 0.3) is 0 Å². The van der Waals surface area contributed by atoms with Crippen LogP contribution in [-0.4, -0.2) is 29.7 Å². The summed E-state index contributed by atoms with van der Waals surface area (Å²) in [7, 11) is 0. The average molecular weight is 411 g/mol. The zero-order valence-electron chi connectivity index (χ0n) is 17.8. The van der Waals surface area contributed by atoms with Crippen LogP contribution in [-0.2, 0) is 6.54 Å². The van der Waals surface area contributed by atoms with Crippen LogP contribution >= 0.6 is 0 Å². The van der Waals surface area contributed by atoms with E-state index in [1.807, 2.05) is 19.1 Å². The molecule has 6 heteroatoms. The zero-order valence-corrected chi connectivity index (χ0v) is 17.8. The lowest BCUT2D eigenvalue weighted by molar-refractivity contribution is 0.262. The van der Waals surface area contributed by atoms with Crippen LogP contribution in [0.15, 0.2) is 51.9 Å². The molecule has 0 saturated carbocycles. The van der Waals surface area contributed by atoms with Crippen LogP contribution in [0, 0.1) is 0 Å². The van der Waals surface area contributed by atoms with Gasteiger partial charge in [0.15, 0.2) is 11.5 Å². The van der Waals surface area contributed by atoms with E-state index in [0.717, 1.165) is 25.9 Å². The minimum atomic E-state index is -0.290. The largest absolute Gasteiger partial charge is 0.507 e. The number of hydrogen-bond donors (Lipinski definition) is 1.